The van der Waals surface area contributed by atoms with Gasteiger partial charge in [-0.1, -0.05) is 12.1 Å². The molecule has 6 rings (SSSR count). The zero-order valence-corrected chi connectivity index (χ0v) is 20.7. The third kappa shape index (κ3) is 4.90. The predicted octanol–water partition coefficient (Wildman–Crippen LogP) is 3.63. The highest BCUT2D eigenvalue weighted by Crippen LogP contribution is 2.35. The van der Waals surface area contributed by atoms with Crippen molar-refractivity contribution in [2.75, 3.05) is 31.2 Å². The Morgan fingerprint density at radius 3 is 2.62 bits per heavy atom. The number of nitrogens with zero attached hydrogens (tertiary/aromatic N) is 5. The number of nitrogens with one attached hydrogen (secondary N) is 1. The molecule has 3 heterocycles. The van der Waals surface area contributed by atoms with E-state index in [0.29, 0.717) is 52.7 Å². The second-order valence-electron chi connectivity index (χ2n) is 9.21. The minimum Gasteiger partial charge on any atom is -0.424 e. The molecule has 2 aliphatic rings. The number of ether oxygens (including phenoxy) is 1. The van der Waals surface area contributed by atoms with Gasteiger partial charge in [0.1, 0.15) is 22.8 Å². The molecule has 0 unspecified atom stereocenters. The van der Waals surface area contributed by atoms with Crippen molar-refractivity contribution in [3.63, 3.8) is 0 Å². The molecule has 11 heteroatoms. The summed E-state index contributed by atoms with van der Waals surface area (Å²) < 4.78 is 27.0. The van der Waals surface area contributed by atoms with Crippen molar-refractivity contribution >= 4 is 33.1 Å². The topological polar surface area (TPSA) is 117 Å². The molecule has 2 fully saturated rings. The maximum Gasteiger partial charge on any atom is 0.230 e. The Kier molecular flexibility index (Phi) is 6.06. The molecule has 1 N–H and O–H groups in total. The minimum atomic E-state index is -0.741. The van der Waals surface area contributed by atoms with Crippen LogP contribution in [-0.4, -0.2) is 52.9 Å². The summed E-state index contributed by atoms with van der Waals surface area (Å²) in [5, 5.41) is 20.4. The first kappa shape index (κ1) is 23.5. The molecule has 1 aliphatic carbocycles. The molecule has 0 spiro atoms. The number of benzene rings is 2. The molecule has 1 amide bonds. The monoisotopic (exact) mass is 518 g/mol. The number of morpholine rings is 1. The summed E-state index contributed by atoms with van der Waals surface area (Å²) in [7, 11) is 0. The van der Waals surface area contributed by atoms with E-state index in [4.69, 9.17) is 14.4 Å². The smallest absolute Gasteiger partial charge is 0.230 e. The van der Waals surface area contributed by atoms with Gasteiger partial charge >= 0.3 is 0 Å². The molecule has 1 saturated heterocycles. The summed E-state index contributed by atoms with van der Waals surface area (Å²) in [6.07, 6.45) is 1.44. The van der Waals surface area contributed by atoms with Crippen LogP contribution in [0.5, 0.6) is 0 Å². The lowest BCUT2D eigenvalue weighted by atomic mass is 10.0. The minimum absolute atomic E-state index is 0.0986. The van der Waals surface area contributed by atoms with E-state index in [1.807, 2.05) is 30.3 Å². The molecule has 4 aromatic rings. The normalized spacial score (nSPS) is 16.5. The molecule has 9 nitrogen and oxygen atoms in total. The van der Waals surface area contributed by atoms with E-state index in [9.17, 15) is 4.79 Å². The number of nitriles is 1. The summed E-state index contributed by atoms with van der Waals surface area (Å²) in [5.41, 5.74) is 2.25. The standard InChI is InChI=1S/C26H23FN6O3S/c27-24-18(16-1-3-17(4-2-16)33-9-11-35-12-10-33)5-6-19-25(24)37-23(29-19)14-22-32-31-21(36-22)13-20(34)30-26(15-28)7-8-26/h1-6H,7-14H2,(H,30,34). The average Bonchev–Trinajstić information content (AvgIpc) is 3.34. The van der Waals surface area contributed by atoms with Crippen LogP contribution >= 0.6 is 11.3 Å². The van der Waals surface area contributed by atoms with Crippen LogP contribution in [0.15, 0.2) is 40.8 Å². The third-order valence-corrected chi connectivity index (χ3v) is 7.63. The van der Waals surface area contributed by atoms with Gasteiger partial charge in [0, 0.05) is 24.3 Å². The Hall–Kier alpha value is -3.88. The van der Waals surface area contributed by atoms with Gasteiger partial charge < -0.3 is 19.4 Å². The number of amides is 1. The summed E-state index contributed by atoms with van der Waals surface area (Å²) >= 11 is 1.24. The van der Waals surface area contributed by atoms with E-state index >= 15 is 4.39 Å². The van der Waals surface area contributed by atoms with Gasteiger partial charge in [-0.3, -0.25) is 4.79 Å². The number of carbonyl (C=O) groups excluding carboxylic acids is 1. The maximum atomic E-state index is 15.5. The first-order valence-corrected chi connectivity index (χ1v) is 12.9. The highest BCUT2D eigenvalue weighted by molar-refractivity contribution is 7.18. The van der Waals surface area contributed by atoms with Crippen molar-refractivity contribution in [1.82, 2.24) is 20.5 Å². The van der Waals surface area contributed by atoms with E-state index < -0.39 is 5.54 Å². The van der Waals surface area contributed by atoms with Crippen LogP contribution in [0.3, 0.4) is 0 Å². The van der Waals surface area contributed by atoms with Gasteiger partial charge in [0.2, 0.25) is 17.7 Å². The molecular formula is C26H23FN6O3S. The number of hydrogen-bond donors (Lipinski definition) is 1. The zero-order chi connectivity index (χ0) is 25.4. The summed E-state index contributed by atoms with van der Waals surface area (Å²) in [6.45, 7) is 3.12. The number of anilines is 1. The molecule has 2 aromatic heterocycles. The zero-order valence-electron chi connectivity index (χ0n) is 19.9. The number of halogens is 1. The van der Waals surface area contributed by atoms with Crippen LogP contribution < -0.4 is 10.2 Å². The predicted molar refractivity (Wildman–Crippen MR) is 135 cm³/mol. The van der Waals surface area contributed by atoms with Crippen molar-refractivity contribution in [2.45, 2.75) is 31.2 Å². The summed E-state index contributed by atoms with van der Waals surface area (Å²) in [6, 6.07) is 13.6. The van der Waals surface area contributed by atoms with E-state index in [1.165, 1.54) is 11.3 Å². The molecular weight excluding hydrogens is 495 g/mol. The molecule has 1 saturated carbocycles. The molecule has 0 radical (unpaired) electrons. The molecule has 0 bridgehead atoms. The molecule has 37 heavy (non-hydrogen) atoms. The van der Waals surface area contributed by atoms with Gasteiger partial charge in [0.25, 0.3) is 0 Å². The number of hydrogen-bond acceptors (Lipinski definition) is 9. The van der Waals surface area contributed by atoms with E-state index in [2.05, 4.69) is 31.5 Å². The van der Waals surface area contributed by atoms with Gasteiger partial charge in [0.05, 0.1) is 35.9 Å². The van der Waals surface area contributed by atoms with Crippen LogP contribution in [0.2, 0.25) is 0 Å². The summed E-state index contributed by atoms with van der Waals surface area (Å²) in [5.74, 6) is -0.185. The van der Waals surface area contributed by atoms with Gasteiger partial charge in [-0.15, -0.1) is 21.5 Å². The van der Waals surface area contributed by atoms with Crippen LogP contribution in [0.4, 0.5) is 10.1 Å². The number of fused-ring (bicyclic) bond motifs is 1. The SMILES string of the molecule is N#CC1(NC(=O)Cc2nnc(Cc3nc4ccc(-c5ccc(N6CCOCC6)cc5)c(F)c4s3)o2)CC1. The fraction of sp³-hybridized carbons (Fsp3) is 0.346. The average molecular weight is 519 g/mol. The van der Waals surface area contributed by atoms with Gasteiger partial charge in [-0.05, 0) is 42.7 Å². The number of carbonyl (C=O) groups is 1. The van der Waals surface area contributed by atoms with Crippen molar-refractivity contribution in [1.29, 1.82) is 5.26 Å². The van der Waals surface area contributed by atoms with Crippen LogP contribution in [0.25, 0.3) is 21.3 Å². The van der Waals surface area contributed by atoms with Gasteiger partial charge in [-0.25, -0.2) is 9.37 Å². The Morgan fingerprint density at radius 2 is 1.89 bits per heavy atom. The van der Waals surface area contributed by atoms with E-state index in [1.54, 1.807) is 6.07 Å². The number of rotatable bonds is 7. The molecule has 1 aliphatic heterocycles. The fourth-order valence-corrected chi connectivity index (χ4v) is 5.37. The Labute approximate surface area is 215 Å². The second kappa shape index (κ2) is 9.53. The van der Waals surface area contributed by atoms with Gasteiger partial charge in [-0.2, -0.15) is 5.26 Å². The van der Waals surface area contributed by atoms with Crippen molar-refractivity contribution in [3.8, 4) is 17.2 Å². The van der Waals surface area contributed by atoms with Crippen LogP contribution in [0.1, 0.15) is 29.6 Å². The highest BCUT2D eigenvalue weighted by atomic mass is 32.1. The van der Waals surface area contributed by atoms with Crippen LogP contribution in [0, 0.1) is 17.1 Å². The van der Waals surface area contributed by atoms with E-state index in [0.717, 1.165) is 24.3 Å². The highest BCUT2D eigenvalue weighted by Gasteiger charge is 2.44. The Morgan fingerprint density at radius 1 is 1.14 bits per heavy atom. The first-order valence-electron chi connectivity index (χ1n) is 12.1. The van der Waals surface area contributed by atoms with Crippen molar-refractivity contribution < 1.29 is 18.3 Å². The second-order valence-corrected chi connectivity index (χ2v) is 10.3. The number of aromatic nitrogens is 3. The number of thiazole rings is 1. The van der Waals surface area contributed by atoms with Crippen LogP contribution in [-0.2, 0) is 22.4 Å². The molecule has 2 aromatic carbocycles. The molecule has 0 atom stereocenters. The maximum absolute atomic E-state index is 15.5. The first-order chi connectivity index (χ1) is 18.0. The van der Waals surface area contributed by atoms with Crippen molar-refractivity contribution in [3.05, 3.63) is 59.0 Å². The quantitative estimate of drug-likeness (QED) is 0.394. The van der Waals surface area contributed by atoms with Crippen molar-refractivity contribution in [2.24, 2.45) is 0 Å². The Bertz CT molecular complexity index is 1500. The van der Waals surface area contributed by atoms with Gasteiger partial charge in [0.15, 0.2) is 0 Å². The lowest BCUT2D eigenvalue weighted by molar-refractivity contribution is -0.121. The van der Waals surface area contributed by atoms with E-state index in [-0.39, 0.29) is 30.5 Å². The lowest BCUT2D eigenvalue weighted by Gasteiger charge is -2.28. The molecule has 188 valence electrons. The third-order valence-electron chi connectivity index (χ3n) is 6.56. The fourth-order valence-electron chi connectivity index (χ4n) is 4.38. The summed E-state index contributed by atoms with van der Waals surface area (Å²) in [4.78, 5) is 18.9. The Balaban J connectivity index is 1.15. The lowest BCUT2D eigenvalue weighted by Crippen LogP contribution is -2.36. The largest absolute Gasteiger partial charge is 0.424 e.